The van der Waals surface area contributed by atoms with Gasteiger partial charge in [0.2, 0.25) is 0 Å². The molecule has 0 aromatic heterocycles. The van der Waals surface area contributed by atoms with Crippen LogP contribution >= 0.6 is 27.5 Å². The molecule has 2 N–H and O–H groups in total. The molecule has 2 aromatic carbocycles. The van der Waals surface area contributed by atoms with Gasteiger partial charge < -0.3 is 14.8 Å². The van der Waals surface area contributed by atoms with Gasteiger partial charge in [0.15, 0.2) is 0 Å². The maximum atomic E-state index is 13.8. The number of benzene rings is 2. The highest BCUT2D eigenvalue weighted by Crippen LogP contribution is 2.28. The van der Waals surface area contributed by atoms with Gasteiger partial charge in [-0.1, -0.05) is 17.7 Å². The first kappa shape index (κ1) is 23.2. The van der Waals surface area contributed by atoms with Crippen LogP contribution in [-0.4, -0.2) is 37.3 Å². The summed E-state index contributed by atoms with van der Waals surface area (Å²) in [5.41, 5.74) is 3.08. The molecule has 31 heavy (non-hydrogen) atoms. The van der Waals surface area contributed by atoms with E-state index in [1.807, 2.05) is 0 Å². The first-order valence-electron chi connectivity index (χ1n) is 9.52. The molecular formula is C21H20BrClFN3O4. The number of hydrogen-bond acceptors (Lipinski definition) is 5. The van der Waals surface area contributed by atoms with Gasteiger partial charge in [0.05, 0.1) is 21.8 Å². The van der Waals surface area contributed by atoms with Crippen LogP contribution in [-0.2, 0) is 20.9 Å². The number of hydrogen-bond donors (Lipinski definition) is 2. The van der Waals surface area contributed by atoms with Crippen molar-refractivity contribution >= 4 is 45.6 Å². The predicted molar refractivity (Wildman–Crippen MR) is 118 cm³/mol. The summed E-state index contributed by atoms with van der Waals surface area (Å²) in [6.45, 7) is 0.935. The van der Waals surface area contributed by atoms with Crippen LogP contribution in [0.4, 0.5) is 4.39 Å². The van der Waals surface area contributed by atoms with Crippen LogP contribution in [0.1, 0.15) is 24.0 Å². The van der Waals surface area contributed by atoms with Gasteiger partial charge in [0.1, 0.15) is 18.2 Å². The molecule has 0 radical (unpaired) electrons. The zero-order chi connectivity index (χ0) is 22.2. The lowest BCUT2D eigenvalue weighted by Crippen LogP contribution is -2.41. The number of nitrogens with one attached hydrogen (secondary N) is 2. The molecule has 0 bridgehead atoms. The van der Waals surface area contributed by atoms with E-state index in [-0.39, 0.29) is 23.3 Å². The van der Waals surface area contributed by atoms with Crippen molar-refractivity contribution in [1.82, 2.24) is 10.7 Å². The van der Waals surface area contributed by atoms with E-state index < -0.39 is 17.6 Å². The number of hydrazone groups is 1. The molecule has 1 aliphatic heterocycles. The Morgan fingerprint density at radius 1 is 1.32 bits per heavy atom. The third-order valence-corrected chi connectivity index (χ3v) is 5.46. The van der Waals surface area contributed by atoms with E-state index in [4.69, 9.17) is 21.1 Å². The summed E-state index contributed by atoms with van der Waals surface area (Å²) in [5.74, 6) is -1.60. The Hall–Kier alpha value is -2.49. The minimum Gasteiger partial charge on any atom is -0.488 e. The molecular weight excluding hydrogens is 493 g/mol. The molecule has 2 aromatic rings. The summed E-state index contributed by atoms with van der Waals surface area (Å²) < 4.78 is 25.5. The number of carbonyl (C=O) groups is 2. The van der Waals surface area contributed by atoms with Crippen LogP contribution in [0.25, 0.3) is 0 Å². The highest BCUT2D eigenvalue weighted by atomic mass is 79.9. The van der Waals surface area contributed by atoms with Crippen molar-refractivity contribution in [2.45, 2.75) is 25.6 Å². The number of amides is 2. The summed E-state index contributed by atoms with van der Waals surface area (Å²) in [6, 6.07) is 9.49. The van der Waals surface area contributed by atoms with Gasteiger partial charge >= 0.3 is 11.8 Å². The van der Waals surface area contributed by atoms with Gasteiger partial charge in [-0.2, -0.15) is 5.10 Å². The largest absolute Gasteiger partial charge is 0.488 e. The lowest BCUT2D eigenvalue weighted by molar-refractivity contribution is -0.139. The van der Waals surface area contributed by atoms with Gasteiger partial charge in [-0.25, -0.2) is 9.82 Å². The van der Waals surface area contributed by atoms with E-state index in [2.05, 4.69) is 31.8 Å². The van der Waals surface area contributed by atoms with E-state index in [1.54, 1.807) is 24.3 Å². The van der Waals surface area contributed by atoms with Crippen molar-refractivity contribution < 1.29 is 23.5 Å². The second-order valence-electron chi connectivity index (χ2n) is 6.72. The van der Waals surface area contributed by atoms with Crippen molar-refractivity contribution in [3.8, 4) is 5.75 Å². The molecule has 1 aliphatic rings. The first-order chi connectivity index (χ1) is 14.9. The minimum absolute atomic E-state index is 0.0331. The number of halogens is 3. The maximum absolute atomic E-state index is 13.8. The van der Waals surface area contributed by atoms with Crippen molar-refractivity contribution in [2.24, 2.45) is 5.10 Å². The predicted octanol–water partition coefficient (Wildman–Crippen LogP) is 3.57. The summed E-state index contributed by atoms with van der Waals surface area (Å²) in [7, 11) is 0. The molecule has 1 fully saturated rings. The second kappa shape index (κ2) is 11.2. The lowest BCUT2D eigenvalue weighted by atomic mass is 10.2. The maximum Gasteiger partial charge on any atom is 0.329 e. The van der Waals surface area contributed by atoms with Gasteiger partial charge in [-0.3, -0.25) is 9.59 Å². The van der Waals surface area contributed by atoms with Crippen molar-refractivity contribution in [2.75, 3.05) is 13.2 Å². The normalized spacial score (nSPS) is 15.8. The van der Waals surface area contributed by atoms with Crippen molar-refractivity contribution in [3.05, 3.63) is 62.8 Å². The third-order valence-electron chi connectivity index (χ3n) is 4.49. The molecule has 7 nitrogen and oxygen atoms in total. The highest BCUT2D eigenvalue weighted by molar-refractivity contribution is 9.10. The van der Waals surface area contributed by atoms with Crippen LogP contribution in [0, 0.1) is 5.82 Å². The fraction of sp³-hybridized carbons (Fsp3) is 0.286. The Morgan fingerprint density at radius 3 is 2.87 bits per heavy atom. The van der Waals surface area contributed by atoms with E-state index in [9.17, 15) is 14.0 Å². The summed E-state index contributed by atoms with van der Waals surface area (Å²) in [4.78, 5) is 23.6. The summed E-state index contributed by atoms with van der Waals surface area (Å²) in [5, 5.41) is 6.59. The number of nitrogens with zero attached hydrogens (tertiary/aromatic N) is 1. The lowest BCUT2D eigenvalue weighted by Gasteiger charge is -2.11. The van der Waals surface area contributed by atoms with Crippen molar-refractivity contribution in [1.29, 1.82) is 0 Å². The molecule has 1 saturated heterocycles. The van der Waals surface area contributed by atoms with Gasteiger partial charge in [0, 0.05) is 18.7 Å². The molecule has 10 heteroatoms. The zero-order valence-electron chi connectivity index (χ0n) is 16.4. The highest BCUT2D eigenvalue weighted by Gasteiger charge is 2.19. The Labute approximate surface area is 192 Å². The molecule has 2 amide bonds. The number of carbonyl (C=O) groups excluding carboxylic acids is 2. The van der Waals surface area contributed by atoms with Crippen LogP contribution in [0.15, 0.2) is 46.0 Å². The number of ether oxygens (including phenoxy) is 2. The third kappa shape index (κ3) is 6.75. The molecule has 0 saturated carbocycles. The molecule has 1 atom stereocenters. The van der Waals surface area contributed by atoms with E-state index in [0.29, 0.717) is 28.9 Å². The molecule has 0 spiro atoms. The van der Waals surface area contributed by atoms with E-state index in [0.717, 1.165) is 12.8 Å². The molecule has 0 aliphatic carbocycles. The Balaban J connectivity index is 1.49. The van der Waals surface area contributed by atoms with Crippen LogP contribution in [0.3, 0.4) is 0 Å². The van der Waals surface area contributed by atoms with Crippen LogP contribution in [0.2, 0.25) is 5.02 Å². The van der Waals surface area contributed by atoms with Crippen LogP contribution in [0.5, 0.6) is 5.75 Å². The average Bonchev–Trinajstić information content (AvgIpc) is 3.26. The van der Waals surface area contributed by atoms with E-state index in [1.165, 1.54) is 18.3 Å². The fourth-order valence-corrected chi connectivity index (χ4v) is 3.57. The topological polar surface area (TPSA) is 89.0 Å². The Morgan fingerprint density at radius 2 is 2.16 bits per heavy atom. The van der Waals surface area contributed by atoms with Gasteiger partial charge in [0.25, 0.3) is 0 Å². The standard InChI is InChI=1S/C21H20BrClFN3O4/c22-16-9-13(6-7-19(16)31-12-15-17(23)4-1-5-18(15)24)10-26-27-21(29)20(28)25-11-14-3-2-8-30-14/h1,4-7,9-10,14H,2-3,8,11-12H2,(H,25,28)(H,27,29)/b26-10-/t14-/m1/s1. The van der Waals surface area contributed by atoms with E-state index >= 15 is 0 Å². The Bertz CT molecular complexity index is 963. The molecule has 3 rings (SSSR count). The smallest absolute Gasteiger partial charge is 0.329 e. The summed E-state index contributed by atoms with van der Waals surface area (Å²) >= 11 is 9.38. The fourth-order valence-electron chi connectivity index (χ4n) is 2.84. The van der Waals surface area contributed by atoms with Gasteiger partial charge in [-0.05, 0) is 64.7 Å². The minimum atomic E-state index is -0.866. The molecule has 1 heterocycles. The van der Waals surface area contributed by atoms with Crippen LogP contribution < -0.4 is 15.5 Å². The molecule has 0 unspecified atom stereocenters. The SMILES string of the molecule is O=C(NC[C@H]1CCCO1)C(=O)N/N=C\c1ccc(OCc2c(F)cccc2Cl)c(Br)c1. The van der Waals surface area contributed by atoms with Crippen molar-refractivity contribution in [3.63, 3.8) is 0 Å². The first-order valence-corrected chi connectivity index (χ1v) is 10.7. The average molecular weight is 513 g/mol. The van der Waals surface area contributed by atoms with Gasteiger partial charge in [-0.15, -0.1) is 0 Å². The second-order valence-corrected chi connectivity index (χ2v) is 7.98. The monoisotopic (exact) mass is 511 g/mol. The molecule has 164 valence electrons. The quantitative estimate of drug-likeness (QED) is 0.337. The summed E-state index contributed by atoms with van der Waals surface area (Å²) in [6.07, 6.45) is 3.15. The Kier molecular flexibility index (Phi) is 8.39. The zero-order valence-corrected chi connectivity index (χ0v) is 18.7. The number of rotatable bonds is 7.